The molecule has 140 valence electrons. The number of aliphatic hydroxyl groups is 2. The third-order valence-electron chi connectivity index (χ3n) is 4.39. The number of hydrogen-bond donors (Lipinski definition) is 3. The molecular formula is C20H30O5. The summed E-state index contributed by atoms with van der Waals surface area (Å²) in [5.41, 5.74) is 0. The van der Waals surface area contributed by atoms with Crippen LogP contribution in [0.2, 0.25) is 0 Å². The number of Topliss-reactive ketones (excluding diaryl/α,β-unsaturated/α-hetero) is 1. The SMILES string of the molecule is CC/C=C\C[C@H](O)/C=C/[C@@H]1[C@H](O)CC(=O)[C@@H]1C/C=C\CCCC(=O)O. The highest BCUT2D eigenvalue weighted by atomic mass is 16.4. The average molecular weight is 350 g/mol. The summed E-state index contributed by atoms with van der Waals surface area (Å²) >= 11 is 0. The fraction of sp³-hybridized carbons (Fsp3) is 0.600. The Kier molecular flexibility index (Phi) is 10.0. The van der Waals surface area contributed by atoms with Gasteiger partial charge in [0, 0.05) is 24.7 Å². The van der Waals surface area contributed by atoms with Crippen molar-refractivity contribution in [2.24, 2.45) is 11.8 Å². The lowest BCUT2D eigenvalue weighted by molar-refractivity contribution is -0.137. The number of carboxylic acids is 1. The highest BCUT2D eigenvalue weighted by molar-refractivity contribution is 5.84. The topological polar surface area (TPSA) is 94.8 Å². The monoisotopic (exact) mass is 350 g/mol. The van der Waals surface area contributed by atoms with Crippen molar-refractivity contribution in [3.63, 3.8) is 0 Å². The van der Waals surface area contributed by atoms with Gasteiger partial charge >= 0.3 is 5.97 Å². The van der Waals surface area contributed by atoms with Gasteiger partial charge in [-0.1, -0.05) is 43.4 Å². The first kappa shape index (κ1) is 21.3. The van der Waals surface area contributed by atoms with E-state index in [9.17, 15) is 19.8 Å². The number of carboxylic acid groups (broad SMARTS) is 1. The highest BCUT2D eigenvalue weighted by Gasteiger charge is 2.39. The van der Waals surface area contributed by atoms with Crippen molar-refractivity contribution < 1.29 is 24.9 Å². The number of aliphatic carboxylic acids is 1. The Labute approximate surface area is 149 Å². The molecule has 1 saturated carbocycles. The van der Waals surface area contributed by atoms with Crippen LogP contribution in [-0.4, -0.2) is 39.3 Å². The van der Waals surface area contributed by atoms with Crippen LogP contribution in [0, 0.1) is 11.8 Å². The normalized spacial score (nSPS) is 25.6. The fourth-order valence-electron chi connectivity index (χ4n) is 3.00. The van der Waals surface area contributed by atoms with Crippen LogP contribution in [-0.2, 0) is 9.59 Å². The van der Waals surface area contributed by atoms with Gasteiger partial charge in [-0.2, -0.15) is 0 Å². The van der Waals surface area contributed by atoms with Crippen molar-refractivity contribution in [1.82, 2.24) is 0 Å². The molecule has 1 aliphatic carbocycles. The van der Waals surface area contributed by atoms with Crippen LogP contribution in [0.15, 0.2) is 36.5 Å². The Morgan fingerprint density at radius 3 is 2.72 bits per heavy atom. The van der Waals surface area contributed by atoms with Crippen LogP contribution in [0.5, 0.6) is 0 Å². The van der Waals surface area contributed by atoms with Crippen molar-refractivity contribution in [2.45, 2.75) is 64.1 Å². The molecule has 5 nitrogen and oxygen atoms in total. The van der Waals surface area contributed by atoms with Crippen LogP contribution in [0.25, 0.3) is 0 Å². The standard InChI is InChI=1S/C20H30O5/c1-2-3-6-9-15(21)12-13-17-16(18(22)14-19(17)23)10-7-4-5-8-11-20(24)25/h3-4,6-7,12-13,15-17,19,21,23H,2,5,8-11,14H2,1H3,(H,24,25)/b6-3-,7-4-,13-12+/t15-,16+,17-,19+/m0/s1. The minimum absolute atomic E-state index is 0.0395. The Morgan fingerprint density at radius 1 is 1.28 bits per heavy atom. The van der Waals surface area contributed by atoms with Crippen molar-refractivity contribution >= 4 is 11.8 Å². The minimum atomic E-state index is -0.806. The Morgan fingerprint density at radius 2 is 2.04 bits per heavy atom. The van der Waals surface area contributed by atoms with E-state index in [1.807, 2.05) is 31.2 Å². The predicted octanol–water partition coefficient (Wildman–Crippen LogP) is 3.03. The fourth-order valence-corrected chi connectivity index (χ4v) is 3.00. The van der Waals surface area contributed by atoms with Gasteiger partial charge in [-0.15, -0.1) is 0 Å². The van der Waals surface area contributed by atoms with Crippen LogP contribution in [0.3, 0.4) is 0 Å². The Bertz CT molecular complexity index is 506. The third-order valence-corrected chi connectivity index (χ3v) is 4.39. The molecule has 3 N–H and O–H groups in total. The zero-order chi connectivity index (χ0) is 18.7. The first-order valence-electron chi connectivity index (χ1n) is 9.04. The maximum Gasteiger partial charge on any atom is 0.303 e. The number of rotatable bonds is 11. The van der Waals surface area contributed by atoms with E-state index in [-0.39, 0.29) is 30.5 Å². The van der Waals surface area contributed by atoms with Gasteiger partial charge in [0.25, 0.3) is 0 Å². The first-order chi connectivity index (χ1) is 12.0. The largest absolute Gasteiger partial charge is 0.481 e. The summed E-state index contributed by atoms with van der Waals surface area (Å²) in [6.07, 6.45) is 13.3. The van der Waals surface area contributed by atoms with Crippen LogP contribution >= 0.6 is 0 Å². The van der Waals surface area contributed by atoms with Crippen molar-refractivity contribution in [2.75, 3.05) is 0 Å². The second-order valence-electron chi connectivity index (χ2n) is 6.48. The molecule has 1 rings (SSSR count). The second-order valence-corrected chi connectivity index (χ2v) is 6.48. The molecule has 0 aromatic rings. The molecule has 0 aliphatic heterocycles. The van der Waals surface area contributed by atoms with E-state index in [1.165, 1.54) is 0 Å². The van der Waals surface area contributed by atoms with E-state index in [4.69, 9.17) is 5.11 Å². The Balaban J connectivity index is 2.52. The molecule has 5 heteroatoms. The molecule has 0 spiro atoms. The summed E-state index contributed by atoms with van der Waals surface area (Å²) in [6.45, 7) is 2.03. The number of carbonyl (C=O) groups is 2. The zero-order valence-electron chi connectivity index (χ0n) is 14.9. The molecule has 1 aliphatic rings. The summed E-state index contributed by atoms with van der Waals surface area (Å²) in [7, 11) is 0. The molecule has 0 aromatic carbocycles. The molecule has 1 fully saturated rings. The molecule has 0 radical (unpaired) electrons. The molecular weight excluding hydrogens is 320 g/mol. The van der Waals surface area contributed by atoms with E-state index in [2.05, 4.69) is 0 Å². The first-order valence-corrected chi connectivity index (χ1v) is 9.04. The van der Waals surface area contributed by atoms with Gasteiger partial charge in [-0.3, -0.25) is 9.59 Å². The predicted molar refractivity (Wildman–Crippen MR) is 97.0 cm³/mol. The lowest BCUT2D eigenvalue weighted by Gasteiger charge is -2.16. The number of ketones is 1. The Hall–Kier alpha value is -1.72. The van der Waals surface area contributed by atoms with E-state index >= 15 is 0 Å². The van der Waals surface area contributed by atoms with Gasteiger partial charge in [-0.05, 0) is 32.1 Å². The van der Waals surface area contributed by atoms with Gasteiger partial charge in [0.05, 0.1) is 12.2 Å². The molecule has 0 heterocycles. The maximum atomic E-state index is 12.1. The highest BCUT2D eigenvalue weighted by Crippen LogP contribution is 2.33. The van der Waals surface area contributed by atoms with Crippen LogP contribution in [0.1, 0.15) is 51.9 Å². The lowest BCUT2D eigenvalue weighted by atomic mass is 9.90. The molecule has 4 atom stereocenters. The summed E-state index contributed by atoms with van der Waals surface area (Å²) in [4.78, 5) is 22.5. The maximum absolute atomic E-state index is 12.1. The van der Waals surface area contributed by atoms with E-state index in [0.717, 1.165) is 6.42 Å². The van der Waals surface area contributed by atoms with Gasteiger partial charge in [0.2, 0.25) is 0 Å². The molecule has 25 heavy (non-hydrogen) atoms. The number of hydrogen-bond acceptors (Lipinski definition) is 4. The number of unbranched alkanes of at least 4 members (excludes halogenated alkanes) is 1. The number of allylic oxidation sites excluding steroid dienone is 3. The summed E-state index contributed by atoms with van der Waals surface area (Å²) < 4.78 is 0. The summed E-state index contributed by atoms with van der Waals surface area (Å²) in [6, 6.07) is 0. The lowest BCUT2D eigenvalue weighted by Crippen LogP contribution is -2.18. The molecule has 0 amide bonds. The smallest absolute Gasteiger partial charge is 0.303 e. The van der Waals surface area contributed by atoms with E-state index in [0.29, 0.717) is 25.7 Å². The average Bonchev–Trinajstić information content (AvgIpc) is 2.82. The van der Waals surface area contributed by atoms with E-state index in [1.54, 1.807) is 12.2 Å². The van der Waals surface area contributed by atoms with Gasteiger partial charge in [-0.25, -0.2) is 0 Å². The van der Waals surface area contributed by atoms with E-state index < -0.39 is 18.2 Å². The van der Waals surface area contributed by atoms with Crippen LogP contribution < -0.4 is 0 Å². The van der Waals surface area contributed by atoms with Gasteiger partial charge in [0.15, 0.2) is 0 Å². The number of aliphatic hydroxyl groups excluding tert-OH is 2. The summed E-state index contributed by atoms with van der Waals surface area (Å²) in [5, 5.41) is 28.6. The van der Waals surface area contributed by atoms with Crippen molar-refractivity contribution in [3.05, 3.63) is 36.5 Å². The number of carbonyl (C=O) groups excluding carboxylic acids is 1. The van der Waals surface area contributed by atoms with Crippen molar-refractivity contribution in [1.29, 1.82) is 0 Å². The molecule has 0 unspecified atom stereocenters. The molecule has 0 bridgehead atoms. The van der Waals surface area contributed by atoms with Crippen LogP contribution in [0.4, 0.5) is 0 Å². The second kappa shape index (κ2) is 11.8. The van der Waals surface area contributed by atoms with Gasteiger partial charge < -0.3 is 15.3 Å². The zero-order valence-corrected chi connectivity index (χ0v) is 14.9. The molecule has 0 saturated heterocycles. The van der Waals surface area contributed by atoms with Crippen molar-refractivity contribution in [3.8, 4) is 0 Å². The van der Waals surface area contributed by atoms with Gasteiger partial charge in [0.1, 0.15) is 5.78 Å². The third kappa shape index (κ3) is 8.27. The summed E-state index contributed by atoms with van der Waals surface area (Å²) in [5.74, 6) is -1.32. The quantitative estimate of drug-likeness (QED) is 0.393. The molecule has 0 aromatic heterocycles. The minimum Gasteiger partial charge on any atom is -0.481 e.